The van der Waals surface area contributed by atoms with Crippen molar-refractivity contribution in [1.82, 2.24) is 19.6 Å². The molecule has 0 saturated carbocycles. The largest absolute Gasteiger partial charge is 0.381 e. The normalized spacial score (nSPS) is 19.6. The lowest BCUT2D eigenvalue weighted by Gasteiger charge is -2.51. The molecule has 0 unspecified atom stereocenters. The minimum atomic E-state index is -0.190. The van der Waals surface area contributed by atoms with Crippen LogP contribution in [-0.2, 0) is 32.2 Å². The van der Waals surface area contributed by atoms with Crippen LogP contribution in [0.15, 0.2) is 109 Å². The Morgan fingerprint density at radius 3 is 1.36 bits per heavy atom. The lowest BCUT2D eigenvalue weighted by molar-refractivity contribution is -0.120. The molecule has 4 saturated heterocycles. The molecule has 0 N–H and O–H groups in total. The molecule has 0 aromatic heterocycles. The summed E-state index contributed by atoms with van der Waals surface area (Å²) in [6, 6.07) is 33.9. The molecule has 12 heteroatoms. The number of benzene rings is 4. The number of nitrogens with zero attached hydrogens (tertiary/aromatic N) is 6. The van der Waals surface area contributed by atoms with E-state index in [1.807, 2.05) is 109 Å². The Hall–Kier alpha value is -4.56. The highest BCUT2D eigenvalue weighted by atomic mass is 19.1. The molecule has 344 valence electrons. The molecular formula is C52H68F2N6O4. The highest BCUT2D eigenvalue weighted by molar-refractivity contribution is 5.94. The minimum absolute atomic E-state index is 0.0686. The SMILES string of the molecule is CCC(=O)N(CC1(N2CCN(Cc3ccc(F)cc3)CC2)CCOCC1)c1ccccc1.CCC(=O)N(CC1(N2CCN(Cc3ccccc3F)CC2)CCOCC1)c1ccccc1. The highest BCUT2D eigenvalue weighted by Gasteiger charge is 2.44. The minimum Gasteiger partial charge on any atom is -0.381 e. The van der Waals surface area contributed by atoms with Crippen molar-refractivity contribution in [1.29, 1.82) is 0 Å². The number of para-hydroxylation sites is 2. The van der Waals surface area contributed by atoms with Crippen molar-refractivity contribution in [3.8, 4) is 0 Å². The van der Waals surface area contributed by atoms with Gasteiger partial charge in [-0.3, -0.25) is 29.2 Å². The molecule has 8 rings (SSSR count). The predicted octanol–water partition coefficient (Wildman–Crippen LogP) is 7.87. The molecule has 0 bridgehead atoms. The molecular weight excluding hydrogens is 811 g/mol. The Kier molecular flexibility index (Phi) is 17.1. The van der Waals surface area contributed by atoms with Gasteiger partial charge in [-0.25, -0.2) is 8.78 Å². The Bertz CT molecular complexity index is 2030. The van der Waals surface area contributed by atoms with Gasteiger partial charge in [0.15, 0.2) is 0 Å². The fourth-order valence-electron chi connectivity index (χ4n) is 9.96. The number of ether oxygens (including phenoxy) is 2. The van der Waals surface area contributed by atoms with Crippen LogP contribution in [0.25, 0.3) is 0 Å². The smallest absolute Gasteiger partial charge is 0.226 e. The lowest BCUT2D eigenvalue weighted by atomic mass is 9.86. The molecule has 0 radical (unpaired) electrons. The van der Waals surface area contributed by atoms with Crippen molar-refractivity contribution in [3.05, 3.63) is 132 Å². The van der Waals surface area contributed by atoms with E-state index >= 15 is 0 Å². The van der Waals surface area contributed by atoms with Gasteiger partial charge in [0.1, 0.15) is 11.6 Å². The summed E-state index contributed by atoms with van der Waals surface area (Å²) in [5.74, 6) is -0.00527. The molecule has 4 fully saturated rings. The molecule has 0 aliphatic carbocycles. The molecule has 64 heavy (non-hydrogen) atoms. The van der Waals surface area contributed by atoms with Crippen LogP contribution in [0.2, 0.25) is 0 Å². The fourth-order valence-corrected chi connectivity index (χ4v) is 9.96. The summed E-state index contributed by atoms with van der Waals surface area (Å²) in [7, 11) is 0. The quantitative estimate of drug-likeness (QED) is 0.127. The van der Waals surface area contributed by atoms with Crippen LogP contribution in [0, 0.1) is 11.6 Å². The zero-order valence-corrected chi connectivity index (χ0v) is 38.0. The average Bonchev–Trinajstić information content (AvgIpc) is 3.35. The molecule has 4 aliphatic heterocycles. The zero-order chi connectivity index (χ0) is 44.8. The lowest BCUT2D eigenvalue weighted by Crippen LogP contribution is -2.63. The number of piperazine rings is 2. The van der Waals surface area contributed by atoms with Crippen LogP contribution < -0.4 is 9.80 Å². The first-order chi connectivity index (χ1) is 31.2. The zero-order valence-electron chi connectivity index (χ0n) is 38.0. The van der Waals surface area contributed by atoms with Crippen LogP contribution in [-0.4, -0.2) is 134 Å². The van der Waals surface area contributed by atoms with Gasteiger partial charge in [0, 0.05) is 146 Å². The Labute approximate surface area is 379 Å². The van der Waals surface area contributed by atoms with Gasteiger partial charge in [-0.2, -0.15) is 0 Å². The van der Waals surface area contributed by atoms with Crippen LogP contribution >= 0.6 is 0 Å². The number of carbonyl (C=O) groups excluding carboxylic acids is 2. The van der Waals surface area contributed by atoms with Gasteiger partial charge in [0.2, 0.25) is 11.8 Å². The maximum Gasteiger partial charge on any atom is 0.226 e. The van der Waals surface area contributed by atoms with Crippen molar-refractivity contribution >= 4 is 23.2 Å². The van der Waals surface area contributed by atoms with E-state index in [1.54, 1.807) is 6.07 Å². The van der Waals surface area contributed by atoms with Gasteiger partial charge in [-0.1, -0.05) is 80.6 Å². The number of anilines is 2. The average molecular weight is 879 g/mol. The first-order valence-electron chi connectivity index (χ1n) is 23.5. The van der Waals surface area contributed by atoms with E-state index in [-0.39, 0.29) is 34.5 Å². The first kappa shape index (κ1) is 47.4. The Balaban J connectivity index is 0.000000191. The highest BCUT2D eigenvalue weighted by Crippen LogP contribution is 2.34. The third kappa shape index (κ3) is 12.2. The van der Waals surface area contributed by atoms with Gasteiger partial charge in [-0.05, 0) is 73.7 Å². The number of halogens is 2. The second-order valence-electron chi connectivity index (χ2n) is 17.8. The maximum absolute atomic E-state index is 14.1. The third-order valence-electron chi connectivity index (χ3n) is 13.9. The van der Waals surface area contributed by atoms with E-state index < -0.39 is 0 Å². The van der Waals surface area contributed by atoms with Gasteiger partial charge in [-0.15, -0.1) is 0 Å². The molecule has 4 aromatic rings. The summed E-state index contributed by atoms with van der Waals surface area (Å²) < 4.78 is 38.8. The van der Waals surface area contributed by atoms with Gasteiger partial charge >= 0.3 is 0 Å². The topological polar surface area (TPSA) is 72.0 Å². The summed E-state index contributed by atoms with van der Waals surface area (Å²) in [4.78, 5) is 39.7. The number of carbonyl (C=O) groups is 2. The molecule has 2 amide bonds. The van der Waals surface area contributed by atoms with Crippen molar-refractivity contribution in [2.75, 3.05) is 102 Å². The molecule has 10 nitrogen and oxygen atoms in total. The van der Waals surface area contributed by atoms with E-state index in [4.69, 9.17) is 9.47 Å². The second-order valence-corrected chi connectivity index (χ2v) is 17.8. The van der Waals surface area contributed by atoms with Gasteiger partial charge in [0.25, 0.3) is 0 Å². The predicted molar refractivity (Wildman–Crippen MR) is 250 cm³/mol. The van der Waals surface area contributed by atoms with Crippen LogP contribution in [0.4, 0.5) is 20.2 Å². The molecule has 4 aromatic carbocycles. The van der Waals surface area contributed by atoms with Crippen LogP contribution in [0.3, 0.4) is 0 Å². The van der Waals surface area contributed by atoms with Gasteiger partial charge in [0.05, 0.1) is 0 Å². The summed E-state index contributed by atoms with van der Waals surface area (Å²) in [6.07, 6.45) is 4.68. The third-order valence-corrected chi connectivity index (χ3v) is 13.9. The van der Waals surface area contributed by atoms with E-state index in [1.165, 1.54) is 18.2 Å². The molecule has 4 heterocycles. The fraction of sp³-hybridized carbons (Fsp3) is 0.500. The maximum atomic E-state index is 14.1. The van der Waals surface area contributed by atoms with E-state index in [0.29, 0.717) is 32.5 Å². The molecule has 0 spiro atoms. The van der Waals surface area contributed by atoms with Crippen LogP contribution in [0.1, 0.15) is 63.5 Å². The van der Waals surface area contributed by atoms with Crippen molar-refractivity contribution < 1.29 is 27.8 Å². The van der Waals surface area contributed by atoms with Crippen molar-refractivity contribution in [3.63, 3.8) is 0 Å². The Morgan fingerprint density at radius 2 is 0.938 bits per heavy atom. The summed E-state index contributed by atoms with van der Waals surface area (Å²) >= 11 is 0. The first-order valence-corrected chi connectivity index (χ1v) is 23.5. The van der Waals surface area contributed by atoms with E-state index in [0.717, 1.165) is 134 Å². The standard InChI is InChI=1S/2C26H34FN3O2/c1-2-25(31)30(23-9-4-3-5-10-23)21-26(12-18-32-19-13-26)29-16-14-28(15-17-29)20-22-8-6-7-11-24(22)27;1-2-25(31)30(24-6-4-3-5-7-24)21-26(12-18-32-19-13-26)29-16-14-28(15-17-29)20-22-8-10-23(27)11-9-22/h2*3-11H,2,12-21H2,1H3. The van der Waals surface area contributed by atoms with Crippen LogP contribution in [0.5, 0.6) is 0 Å². The van der Waals surface area contributed by atoms with Crippen molar-refractivity contribution in [2.24, 2.45) is 0 Å². The summed E-state index contributed by atoms with van der Waals surface area (Å²) in [5.41, 5.74) is 3.67. The monoisotopic (exact) mass is 879 g/mol. The molecule has 0 atom stereocenters. The Morgan fingerprint density at radius 1 is 0.531 bits per heavy atom. The number of hydrogen-bond donors (Lipinski definition) is 0. The van der Waals surface area contributed by atoms with Crippen molar-refractivity contribution in [2.45, 2.75) is 76.5 Å². The van der Waals surface area contributed by atoms with Gasteiger partial charge < -0.3 is 19.3 Å². The summed E-state index contributed by atoms with van der Waals surface area (Å²) in [6.45, 7) is 17.1. The summed E-state index contributed by atoms with van der Waals surface area (Å²) in [5, 5.41) is 0. The molecule has 4 aliphatic rings. The number of amides is 2. The van der Waals surface area contributed by atoms with E-state index in [9.17, 15) is 18.4 Å². The second kappa shape index (κ2) is 23.1. The number of hydrogen-bond acceptors (Lipinski definition) is 8. The number of rotatable bonds is 14. The van der Waals surface area contributed by atoms with E-state index in [2.05, 4.69) is 19.6 Å².